The summed E-state index contributed by atoms with van der Waals surface area (Å²) in [6.07, 6.45) is 10.1. The number of unbranched alkanes of at least 4 members (excludes halogenated alkanes) is 1. The number of benzene rings is 3. The van der Waals surface area contributed by atoms with Crippen molar-refractivity contribution in [3.8, 4) is 22.3 Å². The van der Waals surface area contributed by atoms with Crippen molar-refractivity contribution >= 4 is 0 Å². The Hall–Kier alpha value is -2.88. The van der Waals surface area contributed by atoms with Crippen molar-refractivity contribution in [3.05, 3.63) is 95.1 Å². The predicted octanol–water partition coefficient (Wildman–Crippen LogP) is 9.77. The zero-order valence-corrected chi connectivity index (χ0v) is 20.4. The second-order valence-electron chi connectivity index (χ2n) is 9.55. The second kappa shape index (κ2) is 11.2. The fraction of sp³-hybridized carbons (Fsp3) is 0.355. The highest BCUT2D eigenvalue weighted by Gasteiger charge is 2.25. The van der Waals surface area contributed by atoms with Crippen LogP contribution in [0.1, 0.15) is 69.4 Å². The number of rotatable bonds is 7. The maximum absolute atomic E-state index is 15.1. The fourth-order valence-electron chi connectivity index (χ4n) is 5.20. The average Bonchev–Trinajstić information content (AvgIpc) is 2.88. The topological polar surface area (TPSA) is 0 Å². The normalized spacial score (nSPS) is 18.3. The number of hydrogen-bond acceptors (Lipinski definition) is 0. The third kappa shape index (κ3) is 5.37. The molecule has 4 rings (SSSR count). The molecule has 0 amide bonds. The molecule has 0 heterocycles. The van der Waals surface area contributed by atoms with Gasteiger partial charge in [-0.2, -0.15) is 0 Å². The Labute approximate surface area is 205 Å². The van der Waals surface area contributed by atoms with Gasteiger partial charge >= 0.3 is 0 Å². The lowest BCUT2D eigenvalue weighted by Gasteiger charge is -2.27. The summed E-state index contributed by atoms with van der Waals surface area (Å²) >= 11 is 0. The summed E-state index contributed by atoms with van der Waals surface area (Å²) in [6.45, 7) is 4.01. The molecule has 0 bridgehead atoms. The van der Waals surface area contributed by atoms with E-state index in [9.17, 15) is 8.78 Å². The van der Waals surface area contributed by atoms with Crippen LogP contribution in [-0.4, -0.2) is 0 Å². The first-order chi connectivity index (χ1) is 16.9. The molecular formula is C31H32F4. The van der Waals surface area contributed by atoms with Gasteiger partial charge in [0.1, 0.15) is 0 Å². The smallest absolute Gasteiger partial charge is 0.166 e. The molecule has 0 atom stereocenters. The third-order valence-corrected chi connectivity index (χ3v) is 7.26. The van der Waals surface area contributed by atoms with Crippen LogP contribution >= 0.6 is 0 Å². The van der Waals surface area contributed by atoms with Gasteiger partial charge in [0.05, 0.1) is 0 Å². The Bertz CT molecular complexity index is 1190. The van der Waals surface area contributed by atoms with Crippen molar-refractivity contribution in [1.29, 1.82) is 0 Å². The highest BCUT2D eigenvalue weighted by molar-refractivity contribution is 5.71. The number of hydrogen-bond donors (Lipinski definition) is 0. The van der Waals surface area contributed by atoms with Crippen LogP contribution in [0.25, 0.3) is 22.3 Å². The Morgan fingerprint density at radius 2 is 1.29 bits per heavy atom. The van der Waals surface area contributed by atoms with E-state index < -0.39 is 23.3 Å². The van der Waals surface area contributed by atoms with Crippen LogP contribution in [0.5, 0.6) is 0 Å². The average molecular weight is 481 g/mol. The van der Waals surface area contributed by atoms with Crippen LogP contribution in [0.2, 0.25) is 0 Å². The monoisotopic (exact) mass is 480 g/mol. The molecule has 0 aliphatic heterocycles. The van der Waals surface area contributed by atoms with E-state index in [2.05, 4.69) is 12.2 Å². The Kier molecular flexibility index (Phi) is 8.10. The van der Waals surface area contributed by atoms with E-state index in [4.69, 9.17) is 0 Å². The SMILES string of the molecule is C/C=C/C1CCC(c2ccc(-c3ccc(-c4ccc(CCCC)c(F)c4F)cc3)c(F)c2F)CC1. The molecule has 1 aliphatic rings. The van der Waals surface area contributed by atoms with Gasteiger partial charge in [0.2, 0.25) is 0 Å². The minimum absolute atomic E-state index is 0.0283. The van der Waals surface area contributed by atoms with Crippen molar-refractivity contribution in [1.82, 2.24) is 0 Å². The van der Waals surface area contributed by atoms with Crippen LogP contribution < -0.4 is 0 Å². The maximum atomic E-state index is 15.1. The zero-order chi connectivity index (χ0) is 24.9. The summed E-state index contributed by atoms with van der Waals surface area (Å²) in [7, 11) is 0. The first kappa shape index (κ1) is 25.2. The molecule has 0 nitrogen and oxygen atoms in total. The molecule has 1 saturated carbocycles. The number of aryl methyl sites for hydroxylation is 1. The standard InChI is InChI=1S/C31H32F4/c1-3-5-7-24-16-17-25(29(33)28(24)32)22-12-14-23(15-13-22)27-19-18-26(30(34)31(27)35)21-10-8-20(6-4-2)9-11-21/h4,6,12-21H,3,5,7-11H2,1-2H3/b6-4+. The van der Waals surface area contributed by atoms with Crippen molar-refractivity contribution < 1.29 is 17.6 Å². The van der Waals surface area contributed by atoms with E-state index in [1.165, 1.54) is 0 Å². The number of allylic oxidation sites excluding steroid dienone is 2. The Morgan fingerprint density at radius 1 is 0.714 bits per heavy atom. The van der Waals surface area contributed by atoms with Crippen molar-refractivity contribution in [2.24, 2.45) is 5.92 Å². The van der Waals surface area contributed by atoms with Gasteiger partial charge < -0.3 is 0 Å². The molecule has 184 valence electrons. The molecule has 0 N–H and O–H groups in total. The van der Waals surface area contributed by atoms with E-state index >= 15 is 8.78 Å². The maximum Gasteiger partial charge on any atom is 0.166 e. The van der Waals surface area contributed by atoms with E-state index in [1.807, 2.05) is 13.8 Å². The van der Waals surface area contributed by atoms with Crippen LogP contribution in [-0.2, 0) is 6.42 Å². The Balaban J connectivity index is 1.55. The predicted molar refractivity (Wildman–Crippen MR) is 135 cm³/mol. The molecule has 1 fully saturated rings. The molecule has 0 unspecified atom stereocenters. The van der Waals surface area contributed by atoms with E-state index in [1.54, 1.807) is 48.5 Å². The zero-order valence-electron chi connectivity index (χ0n) is 20.4. The lowest BCUT2D eigenvalue weighted by molar-refractivity contribution is 0.364. The second-order valence-corrected chi connectivity index (χ2v) is 9.55. The molecule has 3 aromatic rings. The highest BCUT2D eigenvalue weighted by atomic mass is 19.2. The van der Waals surface area contributed by atoms with E-state index in [0.717, 1.165) is 38.5 Å². The number of halogens is 4. The molecular weight excluding hydrogens is 448 g/mol. The molecule has 3 aromatic carbocycles. The van der Waals surface area contributed by atoms with Crippen LogP contribution in [0.4, 0.5) is 17.6 Å². The van der Waals surface area contributed by atoms with Gasteiger partial charge in [-0.25, -0.2) is 17.6 Å². The Morgan fingerprint density at radius 3 is 1.86 bits per heavy atom. The summed E-state index contributed by atoms with van der Waals surface area (Å²) in [4.78, 5) is 0. The van der Waals surface area contributed by atoms with Gasteiger partial charge in [-0.1, -0.05) is 74.0 Å². The lowest BCUT2D eigenvalue weighted by Crippen LogP contribution is -2.13. The molecule has 1 aliphatic carbocycles. The third-order valence-electron chi connectivity index (χ3n) is 7.26. The van der Waals surface area contributed by atoms with Crippen LogP contribution in [0.3, 0.4) is 0 Å². The summed E-state index contributed by atoms with van der Waals surface area (Å²) in [5.74, 6) is -2.78. The minimum atomic E-state index is -0.878. The van der Waals surface area contributed by atoms with Crippen LogP contribution in [0, 0.1) is 29.2 Å². The lowest BCUT2D eigenvalue weighted by atomic mass is 9.78. The van der Waals surface area contributed by atoms with Gasteiger partial charge in [0, 0.05) is 11.1 Å². The van der Waals surface area contributed by atoms with Crippen LogP contribution in [0.15, 0.2) is 60.7 Å². The van der Waals surface area contributed by atoms with Gasteiger partial charge in [-0.15, -0.1) is 0 Å². The molecule has 4 heteroatoms. The molecule has 0 saturated heterocycles. The molecule has 0 radical (unpaired) electrons. The minimum Gasteiger partial charge on any atom is -0.203 e. The van der Waals surface area contributed by atoms with Crippen molar-refractivity contribution in [2.75, 3.05) is 0 Å². The summed E-state index contributed by atoms with van der Waals surface area (Å²) in [5.41, 5.74) is 2.13. The quantitative estimate of drug-likeness (QED) is 0.233. The van der Waals surface area contributed by atoms with Gasteiger partial charge in [-0.05, 0) is 79.5 Å². The highest BCUT2D eigenvalue weighted by Crippen LogP contribution is 2.39. The first-order valence-electron chi connectivity index (χ1n) is 12.6. The van der Waals surface area contributed by atoms with E-state index in [0.29, 0.717) is 34.6 Å². The van der Waals surface area contributed by atoms with Crippen molar-refractivity contribution in [3.63, 3.8) is 0 Å². The first-order valence-corrected chi connectivity index (χ1v) is 12.6. The van der Waals surface area contributed by atoms with Gasteiger partial charge in [-0.3, -0.25) is 0 Å². The molecule has 0 aromatic heterocycles. The summed E-state index contributed by atoms with van der Waals surface area (Å²) in [6, 6.07) is 13.0. The largest absolute Gasteiger partial charge is 0.203 e. The van der Waals surface area contributed by atoms with Gasteiger partial charge in [0.15, 0.2) is 23.3 Å². The molecule has 35 heavy (non-hydrogen) atoms. The van der Waals surface area contributed by atoms with E-state index in [-0.39, 0.29) is 17.0 Å². The fourth-order valence-corrected chi connectivity index (χ4v) is 5.20. The van der Waals surface area contributed by atoms with Gasteiger partial charge in [0.25, 0.3) is 0 Å². The summed E-state index contributed by atoms with van der Waals surface area (Å²) in [5, 5.41) is 0. The molecule has 0 spiro atoms. The summed E-state index contributed by atoms with van der Waals surface area (Å²) < 4.78 is 59.4. The van der Waals surface area contributed by atoms with Crippen molar-refractivity contribution in [2.45, 2.75) is 64.7 Å².